The number of halogens is 1. The van der Waals surface area contributed by atoms with Crippen molar-refractivity contribution in [3.63, 3.8) is 0 Å². The van der Waals surface area contributed by atoms with Crippen LogP contribution in [0.5, 0.6) is 0 Å². The van der Waals surface area contributed by atoms with Gasteiger partial charge in [-0.1, -0.05) is 42.0 Å². The van der Waals surface area contributed by atoms with Crippen molar-refractivity contribution in [1.82, 2.24) is 0 Å². The second kappa shape index (κ2) is 10.8. The monoisotopic (exact) mass is 557 g/mol. The minimum atomic E-state index is -3.94. The molecule has 2 aromatic carbocycles. The van der Waals surface area contributed by atoms with Gasteiger partial charge in [0.2, 0.25) is 0 Å². The number of sulfonamides is 1. The summed E-state index contributed by atoms with van der Waals surface area (Å²) >= 11 is 2.06. The fourth-order valence-electron chi connectivity index (χ4n) is 2.89. The third kappa shape index (κ3) is 6.07. The Morgan fingerprint density at radius 1 is 1.03 bits per heavy atom. The quantitative estimate of drug-likeness (QED) is 0.202. The maximum atomic E-state index is 13.5. The molecule has 0 bridgehead atoms. The molecule has 0 aliphatic rings. The number of esters is 2. The summed E-state index contributed by atoms with van der Waals surface area (Å²) in [7, 11) is -1.60. The molecule has 0 heterocycles. The molecule has 0 unspecified atom stereocenters. The molecule has 0 spiro atoms. The van der Waals surface area contributed by atoms with Gasteiger partial charge in [-0.3, -0.25) is 13.9 Å². The molecular weight excluding hydrogens is 533 g/mol. The molecule has 0 atom stereocenters. The Labute approximate surface area is 196 Å². The van der Waals surface area contributed by atoms with Crippen molar-refractivity contribution in [3.8, 4) is 0 Å². The van der Waals surface area contributed by atoms with E-state index in [0.717, 1.165) is 9.13 Å². The molecule has 166 valence electrons. The molecule has 0 amide bonds. The van der Waals surface area contributed by atoms with Crippen molar-refractivity contribution in [2.24, 2.45) is 5.92 Å². The number of hydrogen-bond acceptors (Lipinski definition) is 6. The molecule has 0 saturated carbocycles. The van der Waals surface area contributed by atoms with Gasteiger partial charge in [0.05, 0.1) is 31.3 Å². The van der Waals surface area contributed by atoms with Crippen LogP contribution in [-0.4, -0.2) is 41.1 Å². The zero-order valence-corrected chi connectivity index (χ0v) is 20.5. The number of carbonyl (C=O) groups is 2. The van der Waals surface area contributed by atoms with Gasteiger partial charge in [0.25, 0.3) is 10.0 Å². The van der Waals surface area contributed by atoms with E-state index in [4.69, 9.17) is 0 Å². The highest BCUT2D eigenvalue weighted by molar-refractivity contribution is 14.1. The summed E-state index contributed by atoms with van der Waals surface area (Å²) in [6.07, 6.45) is -0.108. The van der Waals surface area contributed by atoms with Crippen LogP contribution in [0.1, 0.15) is 12.0 Å². The summed E-state index contributed by atoms with van der Waals surface area (Å²) in [6.45, 7) is 5.67. The Morgan fingerprint density at radius 3 is 2.10 bits per heavy atom. The van der Waals surface area contributed by atoms with Crippen molar-refractivity contribution in [1.29, 1.82) is 0 Å². The first-order valence-corrected chi connectivity index (χ1v) is 11.8. The van der Waals surface area contributed by atoms with Crippen LogP contribution in [0.25, 0.3) is 0 Å². The zero-order valence-electron chi connectivity index (χ0n) is 17.5. The molecule has 2 rings (SSSR count). The average molecular weight is 557 g/mol. The first-order valence-electron chi connectivity index (χ1n) is 9.28. The van der Waals surface area contributed by atoms with Gasteiger partial charge in [0.15, 0.2) is 5.92 Å². The molecule has 0 fully saturated rings. The molecule has 9 heteroatoms. The number of benzene rings is 2. The number of para-hydroxylation sites is 1. The predicted molar refractivity (Wildman–Crippen MR) is 126 cm³/mol. The van der Waals surface area contributed by atoms with Crippen LogP contribution >= 0.6 is 22.6 Å². The third-order valence-electron chi connectivity index (χ3n) is 4.56. The summed E-state index contributed by atoms with van der Waals surface area (Å²) < 4.78 is 38.3. The largest absolute Gasteiger partial charge is 0.468 e. The van der Waals surface area contributed by atoms with E-state index in [1.807, 2.05) is 6.92 Å². The second-order valence-corrected chi connectivity index (χ2v) is 9.85. The minimum absolute atomic E-state index is 0.108. The summed E-state index contributed by atoms with van der Waals surface area (Å²) in [5, 5.41) is 0. The lowest BCUT2D eigenvalue weighted by atomic mass is 10.0. The van der Waals surface area contributed by atoms with E-state index < -0.39 is 27.9 Å². The molecule has 0 aromatic heterocycles. The highest BCUT2D eigenvalue weighted by Crippen LogP contribution is 2.30. The van der Waals surface area contributed by atoms with E-state index in [-0.39, 0.29) is 17.9 Å². The van der Waals surface area contributed by atoms with Crippen LogP contribution in [0.2, 0.25) is 0 Å². The van der Waals surface area contributed by atoms with Crippen LogP contribution in [0.4, 0.5) is 5.69 Å². The number of ether oxygens (including phenoxy) is 2. The predicted octanol–water partition coefficient (Wildman–Crippen LogP) is 3.70. The summed E-state index contributed by atoms with van der Waals surface area (Å²) in [4.78, 5) is 24.1. The topological polar surface area (TPSA) is 90.0 Å². The van der Waals surface area contributed by atoms with E-state index in [9.17, 15) is 18.0 Å². The van der Waals surface area contributed by atoms with Crippen molar-refractivity contribution < 1.29 is 27.5 Å². The van der Waals surface area contributed by atoms with Crippen molar-refractivity contribution >= 4 is 50.2 Å². The van der Waals surface area contributed by atoms with E-state index in [1.54, 1.807) is 48.5 Å². The minimum Gasteiger partial charge on any atom is -0.468 e. The van der Waals surface area contributed by atoms with Crippen molar-refractivity contribution in [3.05, 3.63) is 69.8 Å². The molecule has 31 heavy (non-hydrogen) atoms. The lowest BCUT2D eigenvalue weighted by molar-refractivity contribution is -0.158. The van der Waals surface area contributed by atoms with Crippen LogP contribution < -0.4 is 4.31 Å². The Kier molecular flexibility index (Phi) is 8.63. The molecule has 0 radical (unpaired) electrons. The molecule has 0 saturated heterocycles. The molecule has 2 aromatic rings. The van der Waals surface area contributed by atoms with Crippen LogP contribution in [0.15, 0.2) is 65.6 Å². The van der Waals surface area contributed by atoms with Gasteiger partial charge in [0, 0.05) is 3.57 Å². The lowest BCUT2D eigenvalue weighted by Gasteiger charge is -2.27. The number of hydrogen-bond donors (Lipinski definition) is 0. The summed E-state index contributed by atoms with van der Waals surface area (Å²) in [5.74, 6) is -2.76. The van der Waals surface area contributed by atoms with E-state index in [2.05, 4.69) is 38.6 Å². The standard InChI is InChI=1S/C22H24INO6S/c1-15-9-11-17(12-10-15)31(27,28)24(20-8-6-5-7-19(20)23)14-16(2)13-18(21(25)29-3)22(26)30-4/h5-12,18H,2,13-14H2,1,3-4H3. The normalized spacial score (nSPS) is 11.1. The number of aryl methyl sites for hydroxylation is 1. The number of carbonyl (C=O) groups excluding carboxylic acids is 2. The van der Waals surface area contributed by atoms with E-state index in [1.165, 1.54) is 18.5 Å². The highest BCUT2D eigenvalue weighted by atomic mass is 127. The van der Waals surface area contributed by atoms with Crippen molar-refractivity contribution in [2.75, 3.05) is 25.1 Å². The van der Waals surface area contributed by atoms with Gasteiger partial charge in [-0.15, -0.1) is 0 Å². The van der Waals surface area contributed by atoms with E-state index >= 15 is 0 Å². The number of rotatable bonds is 9. The van der Waals surface area contributed by atoms with Gasteiger partial charge in [-0.05, 0) is 60.2 Å². The second-order valence-electron chi connectivity index (χ2n) is 6.83. The van der Waals surface area contributed by atoms with Crippen LogP contribution in [-0.2, 0) is 29.1 Å². The fraction of sp³-hybridized carbons (Fsp3) is 0.273. The molecule has 0 aliphatic heterocycles. The lowest BCUT2D eigenvalue weighted by Crippen LogP contribution is -2.35. The number of methoxy groups -OCH3 is 2. The zero-order chi connectivity index (χ0) is 23.2. The number of anilines is 1. The Bertz CT molecular complexity index is 1050. The Morgan fingerprint density at radius 2 is 1.58 bits per heavy atom. The van der Waals surface area contributed by atoms with Gasteiger partial charge in [-0.2, -0.15) is 0 Å². The Hall–Kier alpha value is -2.40. The van der Waals surface area contributed by atoms with Crippen LogP contribution in [0, 0.1) is 16.4 Å². The third-order valence-corrected chi connectivity index (χ3v) is 7.25. The summed E-state index contributed by atoms with van der Waals surface area (Å²) in [5.41, 5.74) is 1.76. The SMILES string of the molecule is C=C(CC(C(=O)OC)C(=O)OC)CN(c1ccccc1I)S(=O)(=O)c1ccc(C)cc1. The highest BCUT2D eigenvalue weighted by Gasteiger charge is 2.32. The maximum absolute atomic E-state index is 13.5. The van der Waals surface area contributed by atoms with Crippen LogP contribution in [0.3, 0.4) is 0 Å². The number of nitrogens with zero attached hydrogens (tertiary/aromatic N) is 1. The smallest absolute Gasteiger partial charge is 0.320 e. The van der Waals surface area contributed by atoms with Gasteiger partial charge >= 0.3 is 11.9 Å². The first kappa shape index (κ1) is 24.9. The molecule has 0 N–H and O–H groups in total. The van der Waals surface area contributed by atoms with Gasteiger partial charge < -0.3 is 9.47 Å². The molecule has 0 aliphatic carbocycles. The van der Waals surface area contributed by atoms with E-state index in [0.29, 0.717) is 11.3 Å². The maximum Gasteiger partial charge on any atom is 0.320 e. The fourth-order valence-corrected chi connectivity index (χ4v) is 5.24. The average Bonchev–Trinajstić information content (AvgIpc) is 2.75. The Balaban J connectivity index is 2.43. The summed E-state index contributed by atoms with van der Waals surface area (Å²) in [6, 6.07) is 13.6. The van der Waals surface area contributed by atoms with Crippen molar-refractivity contribution in [2.45, 2.75) is 18.2 Å². The molecular formula is C22H24INO6S. The van der Waals surface area contributed by atoms with Gasteiger partial charge in [0.1, 0.15) is 0 Å². The van der Waals surface area contributed by atoms with Gasteiger partial charge in [-0.25, -0.2) is 8.42 Å². The molecule has 7 nitrogen and oxygen atoms in total. The first-order chi connectivity index (χ1) is 14.6.